The molecule has 1 heterocycles. The van der Waals surface area contributed by atoms with Crippen LogP contribution in [0.2, 0.25) is 0 Å². The summed E-state index contributed by atoms with van der Waals surface area (Å²) in [4.78, 5) is 26.7. The Labute approximate surface area is 173 Å². The van der Waals surface area contributed by atoms with Gasteiger partial charge in [0, 0.05) is 17.7 Å². The largest absolute Gasteiger partial charge is 0.477 e. The minimum absolute atomic E-state index is 0.000456. The van der Waals surface area contributed by atoms with E-state index < -0.39 is 12.1 Å². The van der Waals surface area contributed by atoms with Gasteiger partial charge in [0.15, 0.2) is 0 Å². The summed E-state index contributed by atoms with van der Waals surface area (Å²) < 4.78 is 5.44. The van der Waals surface area contributed by atoms with Gasteiger partial charge in [-0.25, -0.2) is 14.6 Å². The standard InChI is InChI=1S/C24H18N2O4/c27-23(28)22-14-16(11-13-25-22)6-5-12-26-24(29)30-15-21-19-9-3-1-7-17(19)18-8-2-4-10-20(18)21/h1-4,7-11,13-14,21H,12,15H2,(H,26,29)(H,27,28). The number of aromatic nitrogens is 1. The van der Waals surface area contributed by atoms with E-state index in [0.717, 1.165) is 11.1 Å². The van der Waals surface area contributed by atoms with E-state index in [0.29, 0.717) is 5.56 Å². The van der Waals surface area contributed by atoms with Crippen molar-refractivity contribution in [3.63, 3.8) is 0 Å². The van der Waals surface area contributed by atoms with Gasteiger partial charge in [0.05, 0.1) is 6.54 Å². The molecule has 1 amide bonds. The number of ether oxygens (including phenoxy) is 1. The Bertz CT molecular complexity index is 1130. The van der Waals surface area contributed by atoms with Crippen molar-refractivity contribution < 1.29 is 19.4 Å². The molecule has 148 valence electrons. The van der Waals surface area contributed by atoms with E-state index in [1.54, 1.807) is 6.07 Å². The van der Waals surface area contributed by atoms with Crippen LogP contribution >= 0.6 is 0 Å². The number of nitrogens with zero attached hydrogens (tertiary/aromatic N) is 1. The second kappa shape index (κ2) is 8.50. The molecule has 1 aliphatic rings. The Morgan fingerprint density at radius 1 is 1.03 bits per heavy atom. The van der Waals surface area contributed by atoms with Gasteiger partial charge in [-0.05, 0) is 34.4 Å². The average Bonchev–Trinajstić information content (AvgIpc) is 3.09. The van der Waals surface area contributed by atoms with Crippen LogP contribution in [0.25, 0.3) is 11.1 Å². The number of alkyl carbamates (subject to hydrolysis) is 1. The van der Waals surface area contributed by atoms with Crippen molar-refractivity contribution in [1.29, 1.82) is 0 Å². The molecular formula is C24H18N2O4. The van der Waals surface area contributed by atoms with E-state index in [1.807, 2.05) is 24.3 Å². The summed E-state index contributed by atoms with van der Waals surface area (Å²) >= 11 is 0. The Balaban J connectivity index is 1.34. The molecule has 0 saturated heterocycles. The summed E-state index contributed by atoms with van der Waals surface area (Å²) in [6.45, 7) is 0.320. The van der Waals surface area contributed by atoms with Crippen LogP contribution in [0.5, 0.6) is 0 Å². The summed E-state index contributed by atoms with van der Waals surface area (Å²) in [5.41, 5.74) is 5.08. The van der Waals surface area contributed by atoms with Gasteiger partial charge in [0.2, 0.25) is 0 Å². The number of aromatic carboxylic acids is 1. The second-order valence-corrected chi connectivity index (χ2v) is 6.72. The molecule has 0 aliphatic heterocycles. The van der Waals surface area contributed by atoms with Gasteiger partial charge in [-0.3, -0.25) is 0 Å². The smallest absolute Gasteiger partial charge is 0.407 e. The van der Waals surface area contributed by atoms with E-state index in [9.17, 15) is 9.59 Å². The number of rotatable bonds is 4. The molecule has 0 unspecified atom stereocenters. The van der Waals surface area contributed by atoms with Crippen molar-refractivity contribution in [2.75, 3.05) is 13.2 Å². The number of fused-ring (bicyclic) bond motifs is 3. The number of nitrogens with one attached hydrogen (secondary N) is 1. The van der Waals surface area contributed by atoms with Crippen molar-refractivity contribution in [2.24, 2.45) is 0 Å². The van der Waals surface area contributed by atoms with E-state index >= 15 is 0 Å². The van der Waals surface area contributed by atoms with Crippen molar-refractivity contribution in [3.8, 4) is 23.0 Å². The first kappa shape index (κ1) is 19.2. The van der Waals surface area contributed by atoms with Crippen LogP contribution in [-0.2, 0) is 4.74 Å². The second-order valence-electron chi connectivity index (χ2n) is 6.72. The third kappa shape index (κ3) is 4.01. The topological polar surface area (TPSA) is 88.5 Å². The zero-order chi connectivity index (χ0) is 20.9. The molecule has 4 rings (SSSR count). The summed E-state index contributed by atoms with van der Waals surface area (Å²) in [5.74, 6) is 4.46. The molecule has 0 radical (unpaired) electrons. The SMILES string of the molecule is O=C(NCC#Cc1ccnc(C(=O)O)c1)OCC1c2ccccc2-c2ccccc21. The van der Waals surface area contributed by atoms with Gasteiger partial charge in [-0.15, -0.1) is 0 Å². The van der Waals surface area contributed by atoms with Crippen LogP contribution in [-0.4, -0.2) is 35.3 Å². The molecule has 2 N–H and O–H groups in total. The van der Waals surface area contributed by atoms with Gasteiger partial charge >= 0.3 is 12.1 Å². The lowest BCUT2D eigenvalue weighted by atomic mass is 9.98. The summed E-state index contributed by atoms with van der Waals surface area (Å²) in [5, 5.41) is 11.5. The molecule has 0 atom stereocenters. The lowest BCUT2D eigenvalue weighted by molar-refractivity contribution is 0.0690. The number of amides is 1. The Kier molecular flexibility index (Phi) is 5.44. The number of carboxylic acid groups (broad SMARTS) is 1. The number of benzene rings is 2. The normalized spacial score (nSPS) is 11.6. The van der Waals surface area contributed by atoms with Crippen molar-refractivity contribution >= 4 is 12.1 Å². The van der Waals surface area contributed by atoms with Crippen LogP contribution in [0.3, 0.4) is 0 Å². The number of pyridine rings is 1. The van der Waals surface area contributed by atoms with E-state index in [4.69, 9.17) is 9.84 Å². The van der Waals surface area contributed by atoms with Crippen molar-refractivity contribution in [2.45, 2.75) is 5.92 Å². The first-order valence-electron chi connectivity index (χ1n) is 9.40. The zero-order valence-electron chi connectivity index (χ0n) is 16.0. The molecule has 0 saturated carbocycles. The zero-order valence-corrected chi connectivity index (χ0v) is 16.0. The first-order chi connectivity index (χ1) is 14.6. The first-order valence-corrected chi connectivity index (χ1v) is 9.40. The van der Waals surface area contributed by atoms with Crippen LogP contribution < -0.4 is 5.32 Å². The fourth-order valence-corrected chi connectivity index (χ4v) is 3.54. The van der Waals surface area contributed by atoms with Crippen LogP contribution in [0.15, 0.2) is 66.9 Å². The van der Waals surface area contributed by atoms with E-state index in [-0.39, 0.29) is 24.8 Å². The molecule has 2 aromatic carbocycles. The highest BCUT2D eigenvalue weighted by Crippen LogP contribution is 2.44. The van der Waals surface area contributed by atoms with Crippen molar-refractivity contribution in [1.82, 2.24) is 10.3 Å². The molecule has 1 aromatic heterocycles. The average molecular weight is 398 g/mol. The molecule has 0 spiro atoms. The van der Waals surface area contributed by atoms with Gasteiger partial charge in [-0.2, -0.15) is 0 Å². The summed E-state index contributed by atoms with van der Waals surface area (Å²) in [6.07, 6.45) is 0.832. The summed E-state index contributed by atoms with van der Waals surface area (Å²) in [7, 11) is 0. The lowest BCUT2D eigenvalue weighted by Crippen LogP contribution is -2.26. The van der Waals surface area contributed by atoms with Gasteiger partial charge < -0.3 is 15.2 Å². The minimum Gasteiger partial charge on any atom is -0.477 e. The van der Waals surface area contributed by atoms with E-state index in [2.05, 4.69) is 46.4 Å². The third-order valence-corrected chi connectivity index (χ3v) is 4.88. The predicted molar refractivity (Wildman–Crippen MR) is 111 cm³/mol. The molecule has 3 aromatic rings. The Morgan fingerprint density at radius 3 is 2.37 bits per heavy atom. The Hall–Kier alpha value is -4.11. The van der Waals surface area contributed by atoms with Crippen molar-refractivity contribution in [3.05, 3.63) is 89.2 Å². The fourth-order valence-electron chi connectivity index (χ4n) is 3.54. The lowest BCUT2D eigenvalue weighted by Gasteiger charge is -2.14. The number of carboxylic acids is 1. The highest BCUT2D eigenvalue weighted by Gasteiger charge is 2.28. The van der Waals surface area contributed by atoms with Crippen LogP contribution in [0.4, 0.5) is 4.79 Å². The highest BCUT2D eigenvalue weighted by atomic mass is 16.5. The Morgan fingerprint density at radius 2 is 1.70 bits per heavy atom. The molecule has 0 bridgehead atoms. The fraction of sp³-hybridized carbons (Fsp3) is 0.125. The van der Waals surface area contributed by atoms with Gasteiger partial charge in [-0.1, -0.05) is 60.4 Å². The van der Waals surface area contributed by atoms with Gasteiger partial charge in [0.25, 0.3) is 0 Å². The monoisotopic (exact) mass is 398 g/mol. The molecule has 30 heavy (non-hydrogen) atoms. The molecule has 6 nitrogen and oxygen atoms in total. The van der Waals surface area contributed by atoms with E-state index in [1.165, 1.54) is 23.4 Å². The minimum atomic E-state index is -1.12. The molecule has 0 fully saturated rings. The maximum Gasteiger partial charge on any atom is 0.407 e. The highest BCUT2D eigenvalue weighted by molar-refractivity contribution is 5.85. The number of hydrogen-bond acceptors (Lipinski definition) is 4. The van der Waals surface area contributed by atoms with Gasteiger partial charge in [0.1, 0.15) is 12.3 Å². The number of carbonyl (C=O) groups excluding carboxylic acids is 1. The molecule has 6 heteroatoms. The third-order valence-electron chi connectivity index (χ3n) is 4.88. The molecular weight excluding hydrogens is 380 g/mol. The van der Waals surface area contributed by atoms with Crippen LogP contribution in [0.1, 0.15) is 33.1 Å². The maximum atomic E-state index is 12.1. The quantitative estimate of drug-likeness (QED) is 0.655. The number of carbonyl (C=O) groups is 2. The predicted octanol–water partition coefficient (Wildman–Crippen LogP) is 3.67. The summed E-state index contributed by atoms with van der Waals surface area (Å²) in [6, 6.07) is 19.3. The molecule has 1 aliphatic carbocycles. The maximum absolute atomic E-state index is 12.1. The van der Waals surface area contributed by atoms with Crippen LogP contribution in [0, 0.1) is 11.8 Å². The number of hydrogen-bond donors (Lipinski definition) is 2.